The molecule has 102 valence electrons. The van der Waals surface area contributed by atoms with E-state index in [1.54, 1.807) is 0 Å². The Balaban J connectivity index is 1.77. The molecule has 1 unspecified atom stereocenters. The zero-order chi connectivity index (χ0) is 13.8. The third-order valence-electron chi connectivity index (χ3n) is 3.68. The van der Waals surface area contributed by atoms with E-state index in [1.807, 2.05) is 18.4 Å². The number of nitriles is 1. The van der Waals surface area contributed by atoms with Crippen LogP contribution >= 0.6 is 0 Å². The molecular weight excluding hydrogens is 250 g/mol. The Morgan fingerprint density at radius 2 is 1.95 bits per heavy atom. The predicted octanol–water partition coefficient (Wildman–Crippen LogP) is 2.13. The summed E-state index contributed by atoms with van der Waals surface area (Å²) in [5.41, 5.74) is 3.07. The highest BCUT2D eigenvalue weighted by Gasteiger charge is 2.17. The predicted molar refractivity (Wildman–Crippen MR) is 78.2 cm³/mol. The van der Waals surface area contributed by atoms with Gasteiger partial charge in [0.05, 0.1) is 30.9 Å². The number of rotatable bonds is 2. The van der Waals surface area contributed by atoms with Gasteiger partial charge in [0.15, 0.2) is 0 Å². The van der Waals surface area contributed by atoms with Crippen molar-refractivity contribution in [1.82, 2.24) is 5.32 Å². The van der Waals surface area contributed by atoms with E-state index in [9.17, 15) is 0 Å². The number of anilines is 1. The number of allylic oxidation sites excluding steroid dienone is 2. The first-order valence-electron chi connectivity index (χ1n) is 6.84. The van der Waals surface area contributed by atoms with Crippen LogP contribution in [0.1, 0.15) is 11.6 Å². The first-order chi connectivity index (χ1) is 9.88. The third-order valence-corrected chi connectivity index (χ3v) is 3.68. The smallest absolute Gasteiger partial charge is 0.0972 e. The fraction of sp³-hybridized carbons (Fsp3) is 0.312. The van der Waals surface area contributed by atoms with Crippen LogP contribution in [0.2, 0.25) is 0 Å². The van der Waals surface area contributed by atoms with E-state index in [0.29, 0.717) is 0 Å². The number of nitrogens with zero attached hydrogens (tertiary/aromatic N) is 2. The lowest BCUT2D eigenvalue weighted by atomic mass is 9.97. The molecule has 2 aliphatic rings. The molecule has 0 amide bonds. The van der Waals surface area contributed by atoms with E-state index in [1.165, 1.54) is 5.69 Å². The van der Waals surface area contributed by atoms with E-state index in [2.05, 4.69) is 40.6 Å². The number of morpholine rings is 1. The van der Waals surface area contributed by atoms with Crippen LogP contribution in [-0.4, -0.2) is 26.3 Å². The fourth-order valence-corrected chi connectivity index (χ4v) is 2.57. The second-order valence-electron chi connectivity index (χ2n) is 4.88. The van der Waals surface area contributed by atoms with E-state index in [4.69, 9.17) is 10.00 Å². The molecule has 0 spiro atoms. The van der Waals surface area contributed by atoms with Crippen LogP contribution in [0.15, 0.2) is 48.2 Å². The average Bonchev–Trinajstić information content (AvgIpc) is 2.56. The van der Waals surface area contributed by atoms with Crippen molar-refractivity contribution in [3.63, 3.8) is 0 Å². The fourth-order valence-electron chi connectivity index (χ4n) is 2.57. The minimum Gasteiger partial charge on any atom is -0.379 e. The van der Waals surface area contributed by atoms with Crippen molar-refractivity contribution in [2.75, 3.05) is 31.2 Å². The molecule has 2 heterocycles. The van der Waals surface area contributed by atoms with Crippen molar-refractivity contribution in [2.45, 2.75) is 6.04 Å². The first kappa shape index (κ1) is 12.8. The van der Waals surface area contributed by atoms with Gasteiger partial charge < -0.3 is 15.0 Å². The van der Waals surface area contributed by atoms with Crippen LogP contribution in [0.4, 0.5) is 5.69 Å². The molecule has 0 aliphatic carbocycles. The number of nitrogens with one attached hydrogen (secondary N) is 1. The molecular formula is C16H17N3O. The quantitative estimate of drug-likeness (QED) is 0.891. The highest BCUT2D eigenvalue weighted by Crippen LogP contribution is 2.26. The van der Waals surface area contributed by atoms with E-state index in [-0.39, 0.29) is 6.04 Å². The highest BCUT2D eigenvalue weighted by atomic mass is 16.5. The molecule has 4 heteroatoms. The summed E-state index contributed by atoms with van der Waals surface area (Å²) < 4.78 is 5.37. The van der Waals surface area contributed by atoms with Gasteiger partial charge in [-0.05, 0) is 36.0 Å². The summed E-state index contributed by atoms with van der Waals surface area (Å²) in [5, 5.41) is 12.4. The van der Waals surface area contributed by atoms with Crippen molar-refractivity contribution in [3.8, 4) is 6.07 Å². The molecule has 1 fully saturated rings. The third kappa shape index (κ3) is 2.54. The first-order valence-corrected chi connectivity index (χ1v) is 6.84. The molecule has 20 heavy (non-hydrogen) atoms. The highest BCUT2D eigenvalue weighted by molar-refractivity contribution is 5.50. The maximum atomic E-state index is 9.17. The maximum absolute atomic E-state index is 9.17. The lowest BCUT2D eigenvalue weighted by Crippen LogP contribution is -2.36. The molecule has 3 rings (SSSR count). The van der Waals surface area contributed by atoms with Gasteiger partial charge in [0.1, 0.15) is 0 Å². The summed E-state index contributed by atoms with van der Waals surface area (Å²) in [4.78, 5) is 2.32. The summed E-state index contributed by atoms with van der Waals surface area (Å²) in [7, 11) is 0. The van der Waals surface area contributed by atoms with Gasteiger partial charge >= 0.3 is 0 Å². The molecule has 2 aliphatic heterocycles. The van der Waals surface area contributed by atoms with Crippen molar-refractivity contribution in [1.29, 1.82) is 5.26 Å². The van der Waals surface area contributed by atoms with Crippen LogP contribution in [0.25, 0.3) is 0 Å². The van der Waals surface area contributed by atoms with Gasteiger partial charge in [-0.15, -0.1) is 0 Å². The van der Waals surface area contributed by atoms with Gasteiger partial charge in [0.2, 0.25) is 0 Å². The zero-order valence-corrected chi connectivity index (χ0v) is 11.2. The van der Waals surface area contributed by atoms with Crippen LogP contribution in [0.5, 0.6) is 0 Å². The van der Waals surface area contributed by atoms with Crippen LogP contribution in [0, 0.1) is 11.3 Å². The minimum atomic E-state index is -0.0382. The Morgan fingerprint density at radius 3 is 2.65 bits per heavy atom. The Labute approximate surface area is 119 Å². The van der Waals surface area contributed by atoms with E-state index < -0.39 is 0 Å². The van der Waals surface area contributed by atoms with Crippen molar-refractivity contribution in [2.24, 2.45) is 0 Å². The van der Waals surface area contributed by atoms with E-state index in [0.717, 1.165) is 37.4 Å². The van der Waals surface area contributed by atoms with Crippen LogP contribution < -0.4 is 10.2 Å². The number of ether oxygens (including phenoxy) is 1. The monoisotopic (exact) mass is 267 g/mol. The van der Waals surface area contributed by atoms with Gasteiger partial charge in [0.25, 0.3) is 0 Å². The summed E-state index contributed by atoms with van der Waals surface area (Å²) >= 11 is 0. The second kappa shape index (κ2) is 5.81. The minimum absolute atomic E-state index is 0.0382. The molecule has 0 radical (unpaired) electrons. The zero-order valence-electron chi connectivity index (χ0n) is 11.2. The van der Waals surface area contributed by atoms with Gasteiger partial charge in [-0.25, -0.2) is 0 Å². The molecule has 0 saturated carbocycles. The summed E-state index contributed by atoms with van der Waals surface area (Å²) in [5.74, 6) is 0. The molecule has 1 aromatic carbocycles. The van der Waals surface area contributed by atoms with Gasteiger partial charge in [-0.2, -0.15) is 5.26 Å². The SMILES string of the molecule is N#CC1=CC=CNC1c1ccc(N2CCOCC2)cc1. The Kier molecular flexibility index (Phi) is 3.71. The summed E-state index contributed by atoms with van der Waals surface area (Å²) in [6, 6.07) is 10.6. The average molecular weight is 267 g/mol. The van der Waals surface area contributed by atoms with Crippen molar-refractivity contribution in [3.05, 3.63) is 53.8 Å². The summed E-state index contributed by atoms with van der Waals surface area (Å²) in [6.07, 6.45) is 5.59. The molecule has 4 nitrogen and oxygen atoms in total. The Hall–Kier alpha value is -2.25. The number of benzene rings is 1. The largest absolute Gasteiger partial charge is 0.379 e. The lowest BCUT2D eigenvalue weighted by Gasteiger charge is -2.29. The van der Waals surface area contributed by atoms with Crippen LogP contribution in [-0.2, 0) is 4.74 Å². The molecule has 1 N–H and O–H groups in total. The van der Waals surface area contributed by atoms with Crippen LogP contribution in [0.3, 0.4) is 0 Å². The molecule has 1 atom stereocenters. The van der Waals surface area contributed by atoms with Gasteiger partial charge in [0, 0.05) is 18.8 Å². The van der Waals surface area contributed by atoms with Gasteiger partial charge in [-0.3, -0.25) is 0 Å². The number of hydrogen-bond donors (Lipinski definition) is 1. The second-order valence-corrected chi connectivity index (χ2v) is 4.88. The summed E-state index contributed by atoms with van der Waals surface area (Å²) in [6.45, 7) is 3.45. The molecule has 0 aromatic heterocycles. The molecule has 0 bridgehead atoms. The molecule has 1 aromatic rings. The van der Waals surface area contributed by atoms with E-state index >= 15 is 0 Å². The lowest BCUT2D eigenvalue weighted by molar-refractivity contribution is 0.122. The van der Waals surface area contributed by atoms with Gasteiger partial charge in [-0.1, -0.05) is 12.1 Å². The Morgan fingerprint density at radius 1 is 1.20 bits per heavy atom. The van der Waals surface area contributed by atoms with Crippen molar-refractivity contribution >= 4 is 5.69 Å². The normalized spacial score (nSPS) is 21.9. The number of hydrogen-bond acceptors (Lipinski definition) is 4. The molecule has 1 saturated heterocycles. The standard InChI is InChI=1S/C16H17N3O/c17-12-14-2-1-7-18-16(14)13-3-5-15(6-4-13)19-8-10-20-11-9-19/h1-7,16,18H,8-11H2. The van der Waals surface area contributed by atoms with Crippen molar-refractivity contribution < 1.29 is 4.74 Å². The topological polar surface area (TPSA) is 48.3 Å². The maximum Gasteiger partial charge on any atom is 0.0972 e. The Bertz CT molecular complexity index is 562. The number of dihydropyridines is 1.